The summed E-state index contributed by atoms with van der Waals surface area (Å²) >= 11 is 2.02. The zero-order valence-corrected chi connectivity index (χ0v) is 11.0. The van der Waals surface area contributed by atoms with Crippen LogP contribution in [0.4, 0.5) is 0 Å². The SMILES string of the molecule is CC(Cc1ccccc1)SCc1ccccc1. The second-order valence-corrected chi connectivity index (χ2v) is 5.72. The molecule has 1 heteroatoms. The van der Waals surface area contributed by atoms with Gasteiger partial charge in [0.15, 0.2) is 0 Å². The molecule has 0 aliphatic carbocycles. The minimum absolute atomic E-state index is 0.664. The molecule has 2 rings (SSSR count). The fourth-order valence-corrected chi connectivity index (χ4v) is 2.80. The smallest absolute Gasteiger partial charge is 0.0187 e. The topological polar surface area (TPSA) is 0 Å². The van der Waals surface area contributed by atoms with Gasteiger partial charge in [-0.2, -0.15) is 11.8 Å². The summed E-state index contributed by atoms with van der Waals surface area (Å²) in [6.45, 7) is 2.31. The molecule has 2 aromatic carbocycles. The first kappa shape index (κ1) is 12.3. The second-order valence-electron chi connectivity index (χ2n) is 4.30. The first-order valence-corrected chi connectivity index (χ1v) is 7.09. The van der Waals surface area contributed by atoms with E-state index in [1.54, 1.807) is 0 Å². The van der Waals surface area contributed by atoms with E-state index in [9.17, 15) is 0 Å². The molecule has 0 nitrogen and oxygen atoms in total. The summed E-state index contributed by atoms with van der Waals surface area (Å²) in [6.07, 6.45) is 1.15. The Balaban J connectivity index is 1.80. The van der Waals surface area contributed by atoms with E-state index in [1.807, 2.05) is 11.8 Å². The average molecular weight is 242 g/mol. The lowest BCUT2D eigenvalue weighted by molar-refractivity contribution is 0.941. The van der Waals surface area contributed by atoms with Gasteiger partial charge in [-0.3, -0.25) is 0 Å². The molecule has 17 heavy (non-hydrogen) atoms. The molecule has 0 aliphatic rings. The standard InChI is InChI=1S/C16H18S/c1-14(12-15-8-4-2-5-9-15)17-13-16-10-6-3-7-11-16/h2-11,14H,12-13H2,1H3. The van der Waals surface area contributed by atoms with Gasteiger partial charge in [0, 0.05) is 11.0 Å². The largest absolute Gasteiger partial charge is 0.154 e. The number of hydrogen-bond acceptors (Lipinski definition) is 1. The van der Waals surface area contributed by atoms with Gasteiger partial charge in [0.25, 0.3) is 0 Å². The Kier molecular flexibility index (Phi) is 4.69. The van der Waals surface area contributed by atoms with Crippen LogP contribution < -0.4 is 0 Å². The number of rotatable bonds is 5. The minimum Gasteiger partial charge on any atom is -0.154 e. The van der Waals surface area contributed by atoms with E-state index >= 15 is 0 Å². The average Bonchev–Trinajstić information content (AvgIpc) is 2.39. The van der Waals surface area contributed by atoms with Crippen molar-refractivity contribution >= 4 is 11.8 Å². The third-order valence-corrected chi connectivity index (χ3v) is 3.98. The molecule has 0 heterocycles. The van der Waals surface area contributed by atoms with E-state index in [0.29, 0.717) is 5.25 Å². The number of hydrogen-bond donors (Lipinski definition) is 0. The lowest BCUT2D eigenvalue weighted by Crippen LogP contribution is -2.01. The van der Waals surface area contributed by atoms with Gasteiger partial charge in [-0.15, -0.1) is 0 Å². The van der Waals surface area contributed by atoms with Crippen LogP contribution in [0.25, 0.3) is 0 Å². The molecule has 0 radical (unpaired) electrons. The van der Waals surface area contributed by atoms with E-state index in [4.69, 9.17) is 0 Å². The zero-order chi connectivity index (χ0) is 11.9. The van der Waals surface area contributed by atoms with Crippen LogP contribution in [-0.4, -0.2) is 5.25 Å². The summed E-state index contributed by atoms with van der Waals surface area (Å²) in [5.74, 6) is 1.11. The summed E-state index contributed by atoms with van der Waals surface area (Å²) in [6, 6.07) is 21.4. The van der Waals surface area contributed by atoms with Crippen molar-refractivity contribution in [2.24, 2.45) is 0 Å². The first-order valence-electron chi connectivity index (χ1n) is 6.04. The van der Waals surface area contributed by atoms with E-state index in [2.05, 4.69) is 67.6 Å². The van der Waals surface area contributed by atoms with Crippen LogP contribution in [0.15, 0.2) is 60.7 Å². The minimum atomic E-state index is 0.664. The molecule has 1 atom stereocenters. The molecule has 88 valence electrons. The van der Waals surface area contributed by atoms with Gasteiger partial charge in [-0.05, 0) is 17.5 Å². The van der Waals surface area contributed by atoms with Gasteiger partial charge in [-0.1, -0.05) is 67.6 Å². The maximum absolute atomic E-state index is 2.31. The molecule has 0 aliphatic heterocycles. The normalized spacial score (nSPS) is 12.3. The van der Waals surface area contributed by atoms with Crippen LogP contribution in [0.3, 0.4) is 0 Å². The summed E-state index contributed by atoms with van der Waals surface area (Å²) < 4.78 is 0. The highest BCUT2D eigenvalue weighted by molar-refractivity contribution is 7.99. The zero-order valence-electron chi connectivity index (χ0n) is 10.2. The van der Waals surface area contributed by atoms with Crippen molar-refractivity contribution in [2.45, 2.75) is 24.3 Å². The van der Waals surface area contributed by atoms with Gasteiger partial charge < -0.3 is 0 Å². The van der Waals surface area contributed by atoms with Crippen LogP contribution in [0.1, 0.15) is 18.1 Å². The Bertz CT molecular complexity index is 422. The van der Waals surface area contributed by atoms with Gasteiger partial charge in [0.2, 0.25) is 0 Å². The van der Waals surface area contributed by atoms with Crippen molar-refractivity contribution in [3.8, 4) is 0 Å². The van der Waals surface area contributed by atoms with Crippen LogP contribution in [0, 0.1) is 0 Å². The van der Waals surface area contributed by atoms with Crippen LogP contribution in [0.2, 0.25) is 0 Å². The Morgan fingerprint density at radius 3 is 1.94 bits per heavy atom. The fraction of sp³-hybridized carbons (Fsp3) is 0.250. The highest BCUT2D eigenvalue weighted by Gasteiger charge is 2.04. The highest BCUT2D eigenvalue weighted by Crippen LogP contribution is 2.20. The van der Waals surface area contributed by atoms with Crippen molar-refractivity contribution in [1.82, 2.24) is 0 Å². The summed E-state index contributed by atoms with van der Waals surface area (Å²) in [5.41, 5.74) is 2.85. The van der Waals surface area contributed by atoms with Gasteiger partial charge in [0.1, 0.15) is 0 Å². The third-order valence-electron chi connectivity index (χ3n) is 2.74. The maximum atomic E-state index is 2.31. The second kappa shape index (κ2) is 6.51. The first-order chi connectivity index (χ1) is 8.34. The van der Waals surface area contributed by atoms with E-state index in [1.165, 1.54) is 11.1 Å². The van der Waals surface area contributed by atoms with E-state index in [-0.39, 0.29) is 0 Å². The van der Waals surface area contributed by atoms with Crippen LogP contribution in [-0.2, 0) is 12.2 Å². The van der Waals surface area contributed by atoms with Crippen molar-refractivity contribution in [1.29, 1.82) is 0 Å². The molecule has 0 bridgehead atoms. The van der Waals surface area contributed by atoms with Crippen molar-refractivity contribution in [2.75, 3.05) is 0 Å². The highest BCUT2D eigenvalue weighted by atomic mass is 32.2. The Labute approximate surface area is 108 Å². The fourth-order valence-electron chi connectivity index (χ4n) is 1.82. The molecule has 0 aromatic heterocycles. The molecule has 0 amide bonds. The van der Waals surface area contributed by atoms with Crippen molar-refractivity contribution in [3.05, 3.63) is 71.8 Å². The molecule has 2 aromatic rings. The third kappa shape index (κ3) is 4.27. The van der Waals surface area contributed by atoms with Crippen LogP contribution >= 0.6 is 11.8 Å². The molecule has 0 saturated carbocycles. The lowest BCUT2D eigenvalue weighted by Gasteiger charge is -2.11. The number of thioether (sulfide) groups is 1. The van der Waals surface area contributed by atoms with Crippen LogP contribution in [0.5, 0.6) is 0 Å². The molecule has 1 unspecified atom stereocenters. The molecular weight excluding hydrogens is 224 g/mol. The van der Waals surface area contributed by atoms with Gasteiger partial charge in [-0.25, -0.2) is 0 Å². The quantitative estimate of drug-likeness (QED) is 0.741. The van der Waals surface area contributed by atoms with Gasteiger partial charge in [0.05, 0.1) is 0 Å². The molecule has 0 N–H and O–H groups in total. The molecule has 0 spiro atoms. The predicted octanol–water partition coefficient (Wildman–Crippen LogP) is 4.55. The van der Waals surface area contributed by atoms with E-state index in [0.717, 1.165) is 12.2 Å². The Hall–Kier alpha value is -1.21. The van der Waals surface area contributed by atoms with Crippen molar-refractivity contribution in [3.63, 3.8) is 0 Å². The monoisotopic (exact) mass is 242 g/mol. The predicted molar refractivity (Wildman–Crippen MR) is 77.3 cm³/mol. The Morgan fingerprint density at radius 2 is 1.35 bits per heavy atom. The summed E-state index contributed by atoms with van der Waals surface area (Å²) in [5, 5.41) is 0.664. The van der Waals surface area contributed by atoms with Gasteiger partial charge >= 0.3 is 0 Å². The number of benzene rings is 2. The van der Waals surface area contributed by atoms with E-state index < -0.39 is 0 Å². The molecular formula is C16H18S. The molecule has 0 fully saturated rings. The lowest BCUT2D eigenvalue weighted by atomic mass is 10.1. The summed E-state index contributed by atoms with van der Waals surface area (Å²) in [4.78, 5) is 0. The Morgan fingerprint density at radius 1 is 0.824 bits per heavy atom. The molecule has 0 saturated heterocycles. The maximum Gasteiger partial charge on any atom is 0.0187 e. The van der Waals surface area contributed by atoms with Crippen molar-refractivity contribution < 1.29 is 0 Å². The summed E-state index contributed by atoms with van der Waals surface area (Å²) in [7, 11) is 0.